The molecule has 2 saturated heterocycles. The lowest BCUT2D eigenvalue weighted by molar-refractivity contribution is -0.133. The predicted molar refractivity (Wildman–Crippen MR) is 67.5 cm³/mol. The second-order valence-corrected chi connectivity index (χ2v) is 6.44. The molecule has 2 heterocycles. The Balaban J connectivity index is 1.67. The number of fused-ring (bicyclic) bond motifs is 1. The van der Waals surface area contributed by atoms with Crippen LogP contribution in [-0.4, -0.2) is 36.5 Å². The summed E-state index contributed by atoms with van der Waals surface area (Å²) in [7, 11) is 0. The van der Waals surface area contributed by atoms with Crippen LogP contribution >= 0.6 is 0 Å². The molecule has 3 aliphatic rings. The highest BCUT2D eigenvalue weighted by Crippen LogP contribution is 2.38. The Hall–Kier alpha value is -0.570. The molecule has 3 fully saturated rings. The van der Waals surface area contributed by atoms with E-state index in [2.05, 4.69) is 24.1 Å². The van der Waals surface area contributed by atoms with Gasteiger partial charge in [-0.15, -0.1) is 0 Å². The molecule has 0 aromatic heterocycles. The van der Waals surface area contributed by atoms with E-state index in [0.29, 0.717) is 23.7 Å². The molecular weight excluding hydrogens is 212 g/mol. The fourth-order valence-corrected chi connectivity index (χ4v) is 3.96. The zero-order chi connectivity index (χ0) is 12.0. The smallest absolute Gasteiger partial charge is 0.240 e. The van der Waals surface area contributed by atoms with Crippen molar-refractivity contribution in [3.8, 4) is 0 Å². The highest BCUT2D eigenvalue weighted by molar-refractivity contribution is 5.83. The van der Waals surface area contributed by atoms with Crippen molar-refractivity contribution in [2.45, 2.75) is 39.2 Å². The minimum absolute atomic E-state index is 0.139. The van der Waals surface area contributed by atoms with Crippen molar-refractivity contribution in [3.05, 3.63) is 0 Å². The SMILES string of the molecule is CC1CN(C(=O)C2NCC3CCCC32)CC1C. The van der Waals surface area contributed by atoms with Crippen molar-refractivity contribution in [2.24, 2.45) is 23.7 Å². The third kappa shape index (κ3) is 1.88. The first-order valence-electron chi connectivity index (χ1n) is 7.19. The molecule has 3 nitrogen and oxygen atoms in total. The highest BCUT2D eigenvalue weighted by atomic mass is 16.2. The summed E-state index contributed by atoms with van der Waals surface area (Å²) in [5.41, 5.74) is 0. The maximum Gasteiger partial charge on any atom is 0.240 e. The van der Waals surface area contributed by atoms with Gasteiger partial charge >= 0.3 is 0 Å². The number of amides is 1. The first-order chi connectivity index (χ1) is 8.16. The van der Waals surface area contributed by atoms with Crippen molar-refractivity contribution >= 4 is 5.91 Å². The van der Waals surface area contributed by atoms with Crippen LogP contribution in [0.25, 0.3) is 0 Å². The van der Waals surface area contributed by atoms with Crippen LogP contribution < -0.4 is 5.32 Å². The fraction of sp³-hybridized carbons (Fsp3) is 0.929. The Bertz CT molecular complexity index is 307. The summed E-state index contributed by atoms with van der Waals surface area (Å²) in [5, 5.41) is 3.47. The average molecular weight is 236 g/mol. The van der Waals surface area contributed by atoms with Gasteiger partial charge in [0.15, 0.2) is 0 Å². The van der Waals surface area contributed by atoms with E-state index in [-0.39, 0.29) is 6.04 Å². The topological polar surface area (TPSA) is 32.3 Å². The van der Waals surface area contributed by atoms with Gasteiger partial charge in [0.2, 0.25) is 5.91 Å². The van der Waals surface area contributed by atoms with Crippen LogP contribution in [0.2, 0.25) is 0 Å². The van der Waals surface area contributed by atoms with E-state index in [1.165, 1.54) is 19.3 Å². The lowest BCUT2D eigenvalue weighted by Crippen LogP contribution is -2.45. The molecule has 0 spiro atoms. The van der Waals surface area contributed by atoms with Crippen LogP contribution in [0.3, 0.4) is 0 Å². The van der Waals surface area contributed by atoms with E-state index in [0.717, 1.165) is 25.6 Å². The molecule has 0 aromatic rings. The minimum atomic E-state index is 0.139. The first-order valence-corrected chi connectivity index (χ1v) is 7.19. The van der Waals surface area contributed by atoms with E-state index in [9.17, 15) is 4.79 Å². The van der Waals surface area contributed by atoms with Crippen LogP contribution in [0.5, 0.6) is 0 Å². The maximum absolute atomic E-state index is 12.5. The lowest BCUT2D eigenvalue weighted by Gasteiger charge is -2.24. The minimum Gasteiger partial charge on any atom is -0.341 e. The van der Waals surface area contributed by atoms with Gasteiger partial charge in [0.1, 0.15) is 0 Å². The van der Waals surface area contributed by atoms with Crippen LogP contribution in [0.1, 0.15) is 33.1 Å². The van der Waals surface area contributed by atoms with Crippen molar-refractivity contribution < 1.29 is 4.79 Å². The zero-order valence-corrected chi connectivity index (χ0v) is 11.0. The quantitative estimate of drug-likeness (QED) is 0.748. The summed E-state index contributed by atoms with van der Waals surface area (Å²) >= 11 is 0. The van der Waals surface area contributed by atoms with E-state index in [1.807, 2.05) is 0 Å². The lowest BCUT2D eigenvalue weighted by atomic mass is 9.93. The molecule has 3 heteroatoms. The normalized spacial score (nSPS) is 45.3. The first kappa shape index (κ1) is 11.5. The van der Waals surface area contributed by atoms with Crippen LogP contribution in [0.15, 0.2) is 0 Å². The Morgan fingerprint density at radius 2 is 1.88 bits per heavy atom. The highest BCUT2D eigenvalue weighted by Gasteiger charge is 2.45. The molecule has 96 valence electrons. The molecule has 1 saturated carbocycles. The summed E-state index contributed by atoms with van der Waals surface area (Å²) in [6, 6.07) is 0.139. The number of nitrogens with one attached hydrogen (secondary N) is 1. The molecule has 0 bridgehead atoms. The van der Waals surface area contributed by atoms with Gasteiger partial charge in [-0.25, -0.2) is 0 Å². The van der Waals surface area contributed by atoms with Gasteiger partial charge in [-0.05, 0) is 43.1 Å². The Morgan fingerprint density at radius 1 is 1.18 bits per heavy atom. The summed E-state index contributed by atoms with van der Waals surface area (Å²) < 4.78 is 0. The van der Waals surface area contributed by atoms with E-state index < -0.39 is 0 Å². The van der Waals surface area contributed by atoms with E-state index in [4.69, 9.17) is 0 Å². The summed E-state index contributed by atoms with van der Waals surface area (Å²) in [6.07, 6.45) is 3.91. The van der Waals surface area contributed by atoms with Gasteiger partial charge in [-0.2, -0.15) is 0 Å². The number of hydrogen-bond acceptors (Lipinski definition) is 2. The van der Waals surface area contributed by atoms with Gasteiger partial charge in [0.05, 0.1) is 6.04 Å². The molecule has 1 aliphatic carbocycles. The maximum atomic E-state index is 12.5. The van der Waals surface area contributed by atoms with Gasteiger partial charge in [0, 0.05) is 13.1 Å². The number of hydrogen-bond donors (Lipinski definition) is 1. The molecule has 5 atom stereocenters. The Labute approximate surface area is 104 Å². The monoisotopic (exact) mass is 236 g/mol. The second kappa shape index (κ2) is 4.27. The standard InChI is InChI=1S/C14H24N2O/c1-9-7-16(8-10(9)2)14(17)13-12-5-3-4-11(12)6-15-13/h9-13,15H,3-8H2,1-2H3. The molecule has 2 aliphatic heterocycles. The van der Waals surface area contributed by atoms with Crippen molar-refractivity contribution in [3.63, 3.8) is 0 Å². The molecule has 3 rings (SSSR count). The third-order valence-electron chi connectivity index (χ3n) is 5.31. The van der Waals surface area contributed by atoms with Gasteiger partial charge in [-0.3, -0.25) is 4.79 Å². The number of carbonyl (C=O) groups is 1. The molecule has 1 N–H and O–H groups in total. The van der Waals surface area contributed by atoms with Crippen molar-refractivity contribution in [2.75, 3.05) is 19.6 Å². The van der Waals surface area contributed by atoms with E-state index >= 15 is 0 Å². The fourth-order valence-electron chi connectivity index (χ4n) is 3.96. The number of rotatable bonds is 1. The van der Waals surface area contributed by atoms with Crippen LogP contribution in [0.4, 0.5) is 0 Å². The number of carbonyl (C=O) groups excluding carboxylic acids is 1. The Kier molecular flexibility index (Phi) is 2.89. The summed E-state index contributed by atoms with van der Waals surface area (Å²) in [5.74, 6) is 3.13. The number of likely N-dealkylation sites (tertiary alicyclic amines) is 1. The van der Waals surface area contributed by atoms with Gasteiger partial charge in [-0.1, -0.05) is 20.3 Å². The zero-order valence-electron chi connectivity index (χ0n) is 11.0. The second-order valence-electron chi connectivity index (χ2n) is 6.44. The Morgan fingerprint density at radius 3 is 2.59 bits per heavy atom. The van der Waals surface area contributed by atoms with Gasteiger partial charge in [0.25, 0.3) is 0 Å². The summed E-state index contributed by atoms with van der Waals surface area (Å²) in [6.45, 7) is 7.53. The van der Waals surface area contributed by atoms with Gasteiger partial charge < -0.3 is 10.2 Å². The molecular formula is C14H24N2O. The third-order valence-corrected chi connectivity index (χ3v) is 5.31. The molecule has 5 unspecified atom stereocenters. The number of nitrogens with zero attached hydrogens (tertiary/aromatic N) is 1. The van der Waals surface area contributed by atoms with Crippen molar-refractivity contribution in [1.82, 2.24) is 10.2 Å². The average Bonchev–Trinajstić information content (AvgIpc) is 2.94. The van der Waals surface area contributed by atoms with Crippen LogP contribution in [0, 0.1) is 23.7 Å². The largest absolute Gasteiger partial charge is 0.341 e. The molecule has 17 heavy (non-hydrogen) atoms. The predicted octanol–water partition coefficient (Wildman–Crippen LogP) is 1.49. The molecule has 0 aromatic carbocycles. The van der Waals surface area contributed by atoms with Crippen molar-refractivity contribution in [1.29, 1.82) is 0 Å². The summed E-state index contributed by atoms with van der Waals surface area (Å²) in [4.78, 5) is 14.6. The molecule has 0 radical (unpaired) electrons. The molecule has 1 amide bonds. The van der Waals surface area contributed by atoms with E-state index in [1.54, 1.807) is 0 Å². The van der Waals surface area contributed by atoms with Crippen LogP contribution in [-0.2, 0) is 4.79 Å².